The van der Waals surface area contributed by atoms with E-state index >= 15 is 0 Å². The zero-order chi connectivity index (χ0) is 12.1. The molecule has 6 heteroatoms. The van der Waals surface area contributed by atoms with Gasteiger partial charge in [-0.1, -0.05) is 18.3 Å². The Kier molecular flexibility index (Phi) is 4.70. The van der Waals surface area contributed by atoms with E-state index in [1.54, 1.807) is 11.3 Å². The Hall–Kier alpha value is -0.720. The van der Waals surface area contributed by atoms with Crippen molar-refractivity contribution < 1.29 is 4.74 Å². The Bertz CT molecular complexity index is 344. The van der Waals surface area contributed by atoms with Crippen LogP contribution in [0.5, 0.6) is 0 Å². The number of anilines is 1. The van der Waals surface area contributed by atoms with Gasteiger partial charge in [-0.05, 0) is 13.5 Å². The second kappa shape index (κ2) is 6.28. The predicted octanol–water partition coefficient (Wildman–Crippen LogP) is 1.23. The highest BCUT2D eigenvalue weighted by Crippen LogP contribution is 2.16. The van der Waals surface area contributed by atoms with Gasteiger partial charge in [0.2, 0.25) is 5.13 Å². The lowest BCUT2D eigenvalue weighted by Gasteiger charge is -2.29. The number of hydrogen-bond donors (Lipinski definition) is 1. The number of aryl methyl sites for hydroxylation is 1. The topological polar surface area (TPSA) is 50.3 Å². The van der Waals surface area contributed by atoms with Gasteiger partial charge in [0.25, 0.3) is 0 Å². The molecule has 17 heavy (non-hydrogen) atoms. The molecule has 0 aromatic carbocycles. The van der Waals surface area contributed by atoms with Gasteiger partial charge in [0.05, 0.1) is 12.7 Å². The monoisotopic (exact) mass is 256 g/mol. The Labute approximate surface area is 106 Å². The summed E-state index contributed by atoms with van der Waals surface area (Å²) in [7, 11) is 2.12. The molecule has 2 heterocycles. The summed E-state index contributed by atoms with van der Waals surface area (Å²) in [6, 6.07) is 0. The van der Waals surface area contributed by atoms with Gasteiger partial charge in [0.15, 0.2) is 0 Å². The fraction of sp³-hybridized carbons (Fsp3) is 0.818. The van der Waals surface area contributed by atoms with E-state index in [4.69, 9.17) is 4.74 Å². The lowest BCUT2D eigenvalue weighted by molar-refractivity contribution is -0.0117. The van der Waals surface area contributed by atoms with Crippen molar-refractivity contribution in [3.05, 3.63) is 5.01 Å². The molecule has 0 radical (unpaired) electrons. The smallest absolute Gasteiger partial charge is 0.205 e. The van der Waals surface area contributed by atoms with E-state index in [0.29, 0.717) is 0 Å². The largest absolute Gasteiger partial charge is 0.374 e. The Balaban J connectivity index is 1.76. The summed E-state index contributed by atoms with van der Waals surface area (Å²) in [6.07, 6.45) is 2.39. The summed E-state index contributed by atoms with van der Waals surface area (Å²) in [6.45, 7) is 5.79. The van der Waals surface area contributed by atoms with Crippen LogP contribution >= 0.6 is 11.3 Å². The summed E-state index contributed by atoms with van der Waals surface area (Å²) in [5.41, 5.74) is 0. The molecule has 0 aliphatic carbocycles. The zero-order valence-corrected chi connectivity index (χ0v) is 11.3. The molecule has 1 atom stereocenters. The lowest BCUT2D eigenvalue weighted by Crippen LogP contribution is -2.43. The molecule has 5 nitrogen and oxygen atoms in total. The number of nitrogens with one attached hydrogen (secondary N) is 1. The third kappa shape index (κ3) is 3.90. The molecule has 0 spiro atoms. The highest BCUT2D eigenvalue weighted by molar-refractivity contribution is 7.15. The van der Waals surface area contributed by atoms with E-state index in [1.165, 1.54) is 0 Å². The van der Waals surface area contributed by atoms with Crippen LogP contribution in [0.2, 0.25) is 0 Å². The van der Waals surface area contributed by atoms with Crippen LogP contribution in [0.1, 0.15) is 18.4 Å². The molecule has 96 valence electrons. The maximum atomic E-state index is 5.68. The molecule has 2 rings (SSSR count). The van der Waals surface area contributed by atoms with Crippen LogP contribution < -0.4 is 5.32 Å². The van der Waals surface area contributed by atoms with E-state index in [0.717, 1.165) is 49.2 Å². The maximum Gasteiger partial charge on any atom is 0.205 e. The summed E-state index contributed by atoms with van der Waals surface area (Å²) in [4.78, 5) is 2.29. The molecule has 0 bridgehead atoms. The minimum Gasteiger partial charge on any atom is -0.374 e. The number of likely N-dealkylation sites (N-methyl/N-ethyl adjacent to an activating group) is 1. The molecule has 0 saturated carbocycles. The number of aromatic nitrogens is 2. The van der Waals surface area contributed by atoms with Crippen molar-refractivity contribution in [2.45, 2.75) is 25.9 Å². The number of ether oxygens (including phenoxy) is 1. The fourth-order valence-electron chi connectivity index (χ4n) is 1.83. The molecule has 1 aliphatic rings. The number of rotatable bonds is 5. The van der Waals surface area contributed by atoms with Crippen LogP contribution in [0.25, 0.3) is 0 Å². The predicted molar refractivity (Wildman–Crippen MR) is 69.6 cm³/mol. The van der Waals surface area contributed by atoms with Gasteiger partial charge in [0, 0.05) is 26.1 Å². The molecule has 1 aliphatic heterocycles. The van der Waals surface area contributed by atoms with Crippen LogP contribution in [0, 0.1) is 0 Å². The molecule has 1 fully saturated rings. The molecule has 1 aromatic heterocycles. The molecular weight excluding hydrogens is 236 g/mol. The molecule has 1 aromatic rings. The van der Waals surface area contributed by atoms with Crippen molar-refractivity contribution in [1.82, 2.24) is 15.1 Å². The van der Waals surface area contributed by atoms with Crippen molar-refractivity contribution in [1.29, 1.82) is 0 Å². The third-order valence-electron chi connectivity index (χ3n) is 2.75. The van der Waals surface area contributed by atoms with E-state index in [1.807, 2.05) is 0 Å². The van der Waals surface area contributed by atoms with Crippen molar-refractivity contribution in [2.75, 3.05) is 38.6 Å². The molecule has 1 saturated heterocycles. The first kappa shape index (κ1) is 12.7. The standard InChI is InChI=1S/C11H20N4OS/c1-3-4-10-13-14-11(17-10)12-7-9-8-15(2)5-6-16-9/h9H,3-8H2,1-2H3,(H,12,14). The minimum atomic E-state index is 0.257. The number of hydrogen-bond acceptors (Lipinski definition) is 6. The van der Waals surface area contributed by atoms with Gasteiger partial charge in [0.1, 0.15) is 5.01 Å². The Morgan fingerprint density at radius 1 is 1.53 bits per heavy atom. The normalized spacial score (nSPS) is 21.6. The van der Waals surface area contributed by atoms with Crippen LogP contribution in [-0.4, -0.2) is 54.5 Å². The van der Waals surface area contributed by atoms with Crippen molar-refractivity contribution >= 4 is 16.5 Å². The lowest BCUT2D eigenvalue weighted by atomic mass is 10.3. The average molecular weight is 256 g/mol. The fourth-order valence-corrected chi connectivity index (χ4v) is 2.68. The quantitative estimate of drug-likeness (QED) is 0.859. The third-order valence-corrected chi connectivity index (χ3v) is 3.69. The van der Waals surface area contributed by atoms with E-state index in [9.17, 15) is 0 Å². The van der Waals surface area contributed by atoms with Gasteiger partial charge in [-0.15, -0.1) is 10.2 Å². The maximum absolute atomic E-state index is 5.68. The number of nitrogens with zero attached hydrogens (tertiary/aromatic N) is 3. The molecule has 1 unspecified atom stereocenters. The van der Waals surface area contributed by atoms with E-state index in [2.05, 4.69) is 34.4 Å². The molecular formula is C11H20N4OS. The second-order valence-electron chi connectivity index (χ2n) is 4.39. The summed E-state index contributed by atoms with van der Waals surface area (Å²) in [5, 5.41) is 13.6. The Morgan fingerprint density at radius 3 is 3.18 bits per heavy atom. The van der Waals surface area contributed by atoms with Crippen LogP contribution in [0.15, 0.2) is 0 Å². The van der Waals surface area contributed by atoms with Crippen molar-refractivity contribution in [3.63, 3.8) is 0 Å². The van der Waals surface area contributed by atoms with Gasteiger partial charge in [-0.2, -0.15) is 0 Å². The molecule has 0 amide bonds. The second-order valence-corrected chi connectivity index (χ2v) is 5.45. The van der Waals surface area contributed by atoms with Gasteiger partial charge < -0.3 is 15.0 Å². The van der Waals surface area contributed by atoms with Crippen LogP contribution in [0.4, 0.5) is 5.13 Å². The SMILES string of the molecule is CCCc1nnc(NCC2CN(C)CCO2)s1. The van der Waals surface area contributed by atoms with Crippen LogP contribution in [0.3, 0.4) is 0 Å². The van der Waals surface area contributed by atoms with Gasteiger partial charge >= 0.3 is 0 Å². The number of morpholine rings is 1. The van der Waals surface area contributed by atoms with Crippen LogP contribution in [-0.2, 0) is 11.2 Å². The van der Waals surface area contributed by atoms with Gasteiger partial charge in [-0.25, -0.2) is 0 Å². The van der Waals surface area contributed by atoms with Crippen molar-refractivity contribution in [2.24, 2.45) is 0 Å². The summed E-state index contributed by atoms with van der Waals surface area (Å²) >= 11 is 1.64. The zero-order valence-electron chi connectivity index (χ0n) is 10.5. The summed E-state index contributed by atoms with van der Waals surface area (Å²) in [5.74, 6) is 0. The minimum absolute atomic E-state index is 0.257. The Morgan fingerprint density at radius 2 is 2.41 bits per heavy atom. The highest BCUT2D eigenvalue weighted by Gasteiger charge is 2.17. The average Bonchev–Trinajstić information content (AvgIpc) is 2.75. The first-order valence-corrected chi connectivity index (χ1v) is 6.96. The first-order chi connectivity index (χ1) is 8.28. The molecule has 1 N–H and O–H groups in total. The summed E-state index contributed by atoms with van der Waals surface area (Å²) < 4.78 is 5.68. The van der Waals surface area contributed by atoms with Gasteiger partial charge in [-0.3, -0.25) is 0 Å². The van der Waals surface area contributed by atoms with Crippen molar-refractivity contribution in [3.8, 4) is 0 Å². The highest BCUT2D eigenvalue weighted by atomic mass is 32.1. The van der Waals surface area contributed by atoms with E-state index in [-0.39, 0.29) is 6.10 Å². The van der Waals surface area contributed by atoms with E-state index < -0.39 is 0 Å². The first-order valence-electron chi connectivity index (χ1n) is 6.14.